The number of benzene rings is 1. The number of anilines is 1. The molecule has 2 bridgehead atoms. The van der Waals surface area contributed by atoms with Crippen LogP contribution in [0.15, 0.2) is 29.8 Å². The summed E-state index contributed by atoms with van der Waals surface area (Å²) in [4.78, 5) is 26.0. The van der Waals surface area contributed by atoms with Gasteiger partial charge in [0.25, 0.3) is 5.91 Å². The van der Waals surface area contributed by atoms with E-state index < -0.39 is 0 Å². The van der Waals surface area contributed by atoms with Gasteiger partial charge in [0.1, 0.15) is 0 Å². The van der Waals surface area contributed by atoms with Crippen LogP contribution in [0.1, 0.15) is 52.8 Å². The number of aromatic nitrogens is 3. The zero-order valence-corrected chi connectivity index (χ0v) is 13.1. The molecule has 1 amide bonds. The Labute approximate surface area is 136 Å². The van der Waals surface area contributed by atoms with Crippen molar-refractivity contribution in [1.29, 1.82) is 0 Å². The lowest BCUT2D eigenvalue weighted by atomic mass is 10.00. The smallest absolute Gasteiger partial charge is 0.257 e. The zero-order chi connectivity index (χ0) is 15.4. The van der Waals surface area contributed by atoms with Crippen LogP contribution >= 0.6 is 11.3 Å². The average molecular weight is 322 g/mol. The van der Waals surface area contributed by atoms with E-state index in [1.807, 2.05) is 17.5 Å². The van der Waals surface area contributed by atoms with Gasteiger partial charge in [0, 0.05) is 29.0 Å². The van der Waals surface area contributed by atoms with Crippen molar-refractivity contribution in [2.45, 2.75) is 31.1 Å². The largest absolute Gasteiger partial charge is 0.298 e. The first kappa shape index (κ1) is 13.1. The molecule has 0 aliphatic heterocycles. The summed E-state index contributed by atoms with van der Waals surface area (Å²) in [5.74, 6) is 1.00. The number of carbonyl (C=O) groups excluding carboxylic acids is 1. The van der Waals surface area contributed by atoms with E-state index in [9.17, 15) is 4.79 Å². The molecule has 0 radical (unpaired) electrons. The number of hydrogen-bond donors (Lipinski definition) is 1. The van der Waals surface area contributed by atoms with Crippen LogP contribution in [-0.4, -0.2) is 20.9 Å². The molecule has 0 saturated heterocycles. The summed E-state index contributed by atoms with van der Waals surface area (Å²) in [5.41, 5.74) is 4.62. The molecule has 6 heteroatoms. The van der Waals surface area contributed by atoms with E-state index >= 15 is 0 Å². The molecule has 114 valence electrons. The lowest BCUT2D eigenvalue weighted by molar-refractivity contribution is 0.102. The molecule has 1 fully saturated rings. The van der Waals surface area contributed by atoms with E-state index in [0.717, 1.165) is 16.7 Å². The standard InChI is InChI=1S/C17H14N4OS/c22-16(21-17-18-5-6-23-17)11-3-4-12-13(8-11)20-15-10-2-1-9(7-10)14(15)19-12/h3-6,8-10H,1-2,7H2,(H,18,21,22). The number of rotatable bonds is 2. The maximum absolute atomic E-state index is 12.3. The van der Waals surface area contributed by atoms with E-state index in [1.54, 1.807) is 12.3 Å². The van der Waals surface area contributed by atoms with E-state index in [-0.39, 0.29) is 5.91 Å². The highest BCUT2D eigenvalue weighted by molar-refractivity contribution is 7.13. The lowest BCUT2D eigenvalue weighted by Crippen LogP contribution is -2.12. The Morgan fingerprint density at radius 2 is 1.91 bits per heavy atom. The third-order valence-electron chi connectivity index (χ3n) is 4.84. The first-order valence-electron chi connectivity index (χ1n) is 7.80. The van der Waals surface area contributed by atoms with Gasteiger partial charge < -0.3 is 0 Å². The van der Waals surface area contributed by atoms with E-state index in [1.165, 1.54) is 36.3 Å². The minimum atomic E-state index is -0.161. The minimum Gasteiger partial charge on any atom is -0.298 e. The van der Waals surface area contributed by atoms with Crippen molar-refractivity contribution >= 4 is 33.4 Å². The molecule has 2 aromatic heterocycles. The molecular formula is C17H14N4OS. The Hall–Kier alpha value is -2.34. The number of fused-ring (bicyclic) bond motifs is 6. The second-order valence-electron chi connectivity index (χ2n) is 6.20. The molecule has 2 atom stereocenters. The number of amides is 1. The lowest BCUT2D eigenvalue weighted by Gasteiger charge is -2.14. The molecule has 2 aliphatic carbocycles. The Bertz CT molecular complexity index is 922. The molecular weight excluding hydrogens is 308 g/mol. The molecule has 5 rings (SSSR count). The Kier molecular flexibility index (Phi) is 2.76. The SMILES string of the molecule is O=C(Nc1nccs1)c1ccc2nc3c(nc2c1)C1CCC3C1. The topological polar surface area (TPSA) is 67.8 Å². The molecule has 3 aromatic rings. The quantitative estimate of drug-likeness (QED) is 0.781. The van der Waals surface area contributed by atoms with E-state index in [4.69, 9.17) is 9.97 Å². The number of nitrogens with zero attached hydrogens (tertiary/aromatic N) is 3. The van der Waals surface area contributed by atoms with Crippen LogP contribution in [0.5, 0.6) is 0 Å². The van der Waals surface area contributed by atoms with Gasteiger partial charge in [-0.25, -0.2) is 15.0 Å². The third kappa shape index (κ3) is 2.05. The van der Waals surface area contributed by atoms with Crippen molar-refractivity contribution in [1.82, 2.24) is 15.0 Å². The van der Waals surface area contributed by atoms with Gasteiger partial charge >= 0.3 is 0 Å². The van der Waals surface area contributed by atoms with Crippen molar-refractivity contribution in [2.24, 2.45) is 0 Å². The molecule has 2 unspecified atom stereocenters. The normalized spacial score (nSPS) is 21.6. The van der Waals surface area contributed by atoms with E-state index in [2.05, 4.69) is 10.3 Å². The van der Waals surface area contributed by atoms with Gasteiger partial charge in [0.05, 0.1) is 22.4 Å². The maximum Gasteiger partial charge on any atom is 0.257 e. The van der Waals surface area contributed by atoms with Crippen molar-refractivity contribution < 1.29 is 4.79 Å². The third-order valence-corrected chi connectivity index (χ3v) is 5.53. The monoisotopic (exact) mass is 322 g/mol. The number of hydrogen-bond acceptors (Lipinski definition) is 5. The average Bonchev–Trinajstić information content (AvgIpc) is 3.30. The van der Waals surface area contributed by atoms with Gasteiger partial charge in [-0.3, -0.25) is 10.1 Å². The number of carbonyl (C=O) groups is 1. The molecule has 1 N–H and O–H groups in total. The molecule has 2 aliphatic rings. The van der Waals surface area contributed by atoms with Crippen LogP contribution in [0.2, 0.25) is 0 Å². The van der Waals surface area contributed by atoms with Gasteiger partial charge in [-0.15, -0.1) is 11.3 Å². The van der Waals surface area contributed by atoms with Gasteiger partial charge in [-0.2, -0.15) is 0 Å². The predicted molar refractivity (Wildman–Crippen MR) is 88.9 cm³/mol. The first-order chi connectivity index (χ1) is 11.3. The van der Waals surface area contributed by atoms with Crippen molar-refractivity contribution in [3.63, 3.8) is 0 Å². The number of thiazole rings is 1. The highest BCUT2D eigenvalue weighted by atomic mass is 32.1. The van der Waals surface area contributed by atoms with Crippen molar-refractivity contribution in [2.75, 3.05) is 5.32 Å². The summed E-state index contributed by atoms with van der Waals surface area (Å²) in [7, 11) is 0. The van der Waals surface area contributed by atoms with Crippen molar-refractivity contribution in [3.05, 3.63) is 46.7 Å². The van der Waals surface area contributed by atoms with Crippen LogP contribution in [0, 0.1) is 0 Å². The van der Waals surface area contributed by atoms with E-state index in [0.29, 0.717) is 22.5 Å². The van der Waals surface area contributed by atoms with Crippen LogP contribution < -0.4 is 5.32 Å². The summed E-state index contributed by atoms with van der Waals surface area (Å²) < 4.78 is 0. The maximum atomic E-state index is 12.3. The van der Waals surface area contributed by atoms with Gasteiger partial charge in [0.2, 0.25) is 0 Å². The molecule has 23 heavy (non-hydrogen) atoms. The van der Waals surface area contributed by atoms with Crippen LogP contribution in [0.25, 0.3) is 11.0 Å². The summed E-state index contributed by atoms with van der Waals surface area (Å²) in [6.45, 7) is 0. The summed E-state index contributed by atoms with van der Waals surface area (Å²) >= 11 is 1.40. The van der Waals surface area contributed by atoms with Crippen molar-refractivity contribution in [3.8, 4) is 0 Å². The van der Waals surface area contributed by atoms with Gasteiger partial charge in [-0.1, -0.05) is 0 Å². The fourth-order valence-electron chi connectivity index (χ4n) is 3.76. The summed E-state index contributed by atoms with van der Waals surface area (Å²) in [5, 5.41) is 5.24. The molecule has 1 saturated carbocycles. The Morgan fingerprint density at radius 3 is 2.65 bits per heavy atom. The van der Waals surface area contributed by atoms with Gasteiger partial charge in [-0.05, 0) is 37.5 Å². The first-order valence-corrected chi connectivity index (χ1v) is 8.68. The molecule has 5 nitrogen and oxygen atoms in total. The second kappa shape index (κ2) is 4.83. The zero-order valence-electron chi connectivity index (χ0n) is 12.3. The highest BCUT2D eigenvalue weighted by Crippen LogP contribution is 2.51. The number of nitrogens with one attached hydrogen (secondary N) is 1. The van der Waals surface area contributed by atoms with Crippen LogP contribution in [0.3, 0.4) is 0 Å². The molecule has 2 heterocycles. The Balaban J connectivity index is 1.53. The fourth-order valence-corrected chi connectivity index (χ4v) is 4.28. The van der Waals surface area contributed by atoms with Gasteiger partial charge in [0.15, 0.2) is 5.13 Å². The summed E-state index contributed by atoms with van der Waals surface area (Å²) in [6.07, 6.45) is 5.34. The minimum absolute atomic E-state index is 0.161. The second-order valence-corrected chi connectivity index (χ2v) is 7.09. The predicted octanol–water partition coefficient (Wildman–Crippen LogP) is 3.70. The highest BCUT2D eigenvalue weighted by Gasteiger charge is 2.39. The molecule has 1 aromatic carbocycles. The fraction of sp³-hybridized carbons (Fsp3) is 0.294. The van der Waals surface area contributed by atoms with Crippen LogP contribution in [-0.2, 0) is 0 Å². The Morgan fingerprint density at radius 1 is 1.13 bits per heavy atom. The molecule has 0 spiro atoms. The van der Waals surface area contributed by atoms with Crippen LogP contribution in [0.4, 0.5) is 5.13 Å². The summed E-state index contributed by atoms with van der Waals surface area (Å²) in [6, 6.07) is 5.53.